The van der Waals surface area contributed by atoms with E-state index in [2.05, 4.69) is 5.32 Å². The van der Waals surface area contributed by atoms with Crippen molar-refractivity contribution in [3.63, 3.8) is 0 Å². The van der Waals surface area contributed by atoms with Crippen LogP contribution in [0.1, 0.15) is 11.6 Å². The molecule has 2 aromatic carbocycles. The zero-order chi connectivity index (χ0) is 17.5. The third-order valence-corrected chi connectivity index (χ3v) is 3.75. The summed E-state index contributed by atoms with van der Waals surface area (Å²) in [4.78, 5) is 23.5. The van der Waals surface area contributed by atoms with Crippen molar-refractivity contribution in [2.75, 3.05) is 5.32 Å². The molecular weight excluding hydrogens is 336 g/mol. The van der Waals surface area contributed by atoms with Gasteiger partial charge >= 0.3 is 6.03 Å². The summed E-state index contributed by atoms with van der Waals surface area (Å²) < 4.78 is 24.7. The van der Waals surface area contributed by atoms with Crippen LogP contribution in [-0.4, -0.2) is 17.7 Å². The number of carbonyl (C=O) groups excluding carboxylic acids is 2. The highest BCUT2D eigenvalue weighted by molar-refractivity contribution is 7.99. The van der Waals surface area contributed by atoms with E-state index in [0.717, 1.165) is 0 Å². The van der Waals surface area contributed by atoms with Crippen molar-refractivity contribution in [3.05, 3.63) is 60.2 Å². The Kier molecular flexibility index (Phi) is 6.14. The Labute approximate surface area is 141 Å². The maximum Gasteiger partial charge on any atom is 0.318 e. The first-order chi connectivity index (χ1) is 11.5. The lowest BCUT2D eigenvalue weighted by Crippen LogP contribution is -2.40. The fourth-order valence-corrected chi connectivity index (χ4v) is 2.54. The maximum atomic E-state index is 12.3. The molecule has 0 aliphatic carbocycles. The minimum Gasteiger partial charge on any atom is -0.370 e. The molecule has 5 nitrogen and oxygen atoms in total. The number of imide groups is 1. The molecule has 8 heteroatoms. The van der Waals surface area contributed by atoms with Crippen molar-refractivity contribution in [1.29, 1.82) is 0 Å². The molecule has 3 amide bonds. The second kappa shape index (κ2) is 8.30. The molecule has 0 bridgehead atoms. The van der Waals surface area contributed by atoms with Gasteiger partial charge in [0.2, 0.25) is 0 Å². The Morgan fingerprint density at radius 2 is 1.62 bits per heavy atom. The maximum absolute atomic E-state index is 12.3. The Balaban J connectivity index is 2.19. The average molecular weight is 351 g/mol. The molecule has 0 spiro atoms. The zero-order valence-corrected chi connectivity index (χ0v) is 13.2. The summed E-state index contributed by atoms with van der Waals surface area (Å²) >= 11 is 0.436. The number of amides is 3. The Hall–Kier alpha value is -2.61. The van der Waals surface area contributed by atoms with E-state index in [0.29, 0.717) is 27.9 Å². The Morgan fingerprint density at radius 1 is 1.00 bits per heavy atom. The van der Waals surface area contributed by atoms with Crippen LogP contribution in [0.5, 0.6) is 0 Å². The van der Waals surface area contributed by atoms with Gasteiger partial charge in [0.1, 0.15) is 6.04 Å². The topological polar surface area (TPSA) is 84.2 Å². The number of benzene rings is 2. The van der Waals surface area contributed by atoms with Crippen LogP contribution in [0.25, 0.3) is 0 Å². The first-order valence-corrected chi connectivity index (χ1v) is 7.80. The van der Waals surface area contributed by atoms with Crippen molar-refractivity contribution in [2.24, 2.45) is 5.73 Å². The van der Waals surface area contributed by atoms with Gasteiger partial charge in [-0.15, -0.1) is 0 Å². The van der Waals surface area contributed by atoms with Gasteiger partial charge in [-0.25, -0.2) is 4.79 Å². The molecule has 0 fully saturated rings. The molecule has 0 saturated heterocycles. The number of nitrogens with two attached hydrogens (primary N) is 1. The first-order valence-electron chi connectivity index (χ1n) is 6.92. The first kappa shape index (κ1) is 17.7. The minimum atomic E-state index is -2.50. The number of carbonyl (C=O) groups is 2. The standard InChI is InChI=1S/C16H15F2N3O2S/c17-15(18)24-12-8-6-11(7-9-12)20-13(14(22)21-16(19)23)10-4-2-1-3-5-10/h1-9,13,15,20H,(H3,19,21,22,23)/t13-/m1/s1. The molecule has 126 valence electrons. The highest BCUT2D eigenvalue weighted by Gasteiger charge is 2.21. The van der Waals surface area contributed by atoms with Crippen LogP contribution in [0.2, 0.25) is 0 Å². The van der Waals surface area contributed by atoms with Gasteiger partial charge in [0.05, 0.1) is 0 Å². The Morgan fingerprint density at radius 3 is 2.17 bits per heavy atom. The summed E-state index contributed by atoms with van der Waals surface area (Å²) in [6.45, 7) is 0. The van der Waals surface area contributed by atoms with Gasteiger partial charge in [0.25, 0.3) is 11.7 Å². The van der Waals surface area contributed by atoms with Crippen LogP contribution in [0.3, 0.4) is 0 Å². The number of primary amides is 1. The lowest BCUT2D eigenvalue weighted by atomic mass is 10.1. The molecule has 0 aliphatic heterocycles. The fourth-order valence-electron chi connectivity index (χ4n) is 2.04. The summed E-state index contributed by atoms with van der Waals surface area (Å²) in [7, 11) is 0. The van der Waals surface area contributed by atoms with Gasteiger partial charge in [-0.2, -0.15) is 8.78 Å². The van der Waals surface area contributed by atoms with Gasteiger partial charge in [0.15, 0.2) is 0 Å². The average Bonchev–Trinajstić information content (AvgIpc) is 2.53. The number of rotatable bonds is 6. The lowest BCUT2D eigenvalue weighted by molar-refractivity contribution is -0.120. The third kappa shape index (κ3) is 5.24. The largest absolute Gasteiger partial charge is 0.370 e. The van der Waals surface area contributed by atoms with Crippen molar-refractivity contribution in [2.45, 2.75) is 16.7 Å². The molecule has 1 atom stereocenters. The predicted molar refractivity (Wildman–Crippen MR) is 88.8 cm³/mol. The van der Waals surface area contributed by atoms with E-state index in [1.165, 1.54) is 12.1 Å². The van der Waals surface area contributed by atoms with Crippen molar-refractivity contribution in [3.8, 4) is 0 Å². The van der Waals surface area contributed by atoms with E-state index in [1.54, 1.807) is 42.5 Å². The molecule has 0 radical (unpaired) electrons. The van der Waals surface area contributed by atoms with Crippen LogP contribution in [0, 0.1) is 0 Å². The number of alkyl halides is 2. The molecule has 2 rings (SSSR count). The van der Waals surface area contributed by atoms with E-state index < -0.39 is 23.7 Å². The summed E-state index contributed by atoms with van der Waals surface area (Å²) in [6, 6.07) is 13.1. The Bertz CT molecular complexity index is 696. The van der Waals surface area contributed by atoms with E-state index in [4.69, 9.17) is 5.73 Å². The highest BCUT2D eigenvalue weighted by atomic mass is 32.2. The van der Waals surface area contributed by atoms with E-state index in [9.17, 15) is 18.4 Å². The van der Waals surface area contributed by atoms with E-state index >= 15 is 0 Å². The number of hydrogen-bond acceptors (Lipinski definition) is 4. The lowest BCUT2D eigenvalue weighted by Gasteiger charge is -2.19. The van der Waals surface area contributed by atoms with E-state index in [1.807, 2.05) is 5.32 Å². The molecular formula is C16H15F2N3O2S. The number of hydrogen-bond donors (Lipinski definition) is 3. The summed E-state index contributed by atoms with van der Waals surface area (Å²) in [5.41, 5.74) is 6.17. The smallest absolute Gasteiger partial charge is 0.318 e. The van der Waals surface area contributed by atoms with Crippen LogP contribution < -0.4 is 16.4 Å². The van der Waals surface area contributed by atoms with Gasteiger partial charge in [-0.3, -0.25) is 10.1 Å². The van der Waals surface area contributed by atoms with Crippen LogP contribution in [-0.2, 0) is 4.79 Å². The molecule has 0 aromatic heterocycles. The van der Waals surface area contributed by atoms with Crippen LogP contribution in [0.4, 0.5) is 19.3 Å². The van der Waals surface area contributed by atoms with Crippen molar-refractivity contribution in [1.82, 2.24) is 5.32 Å². The molecule has 0 unspecified atom stereocenters. The molecule has 0 saturated carbocycles. The number of nitrogens with one attached hydrogen (secondary N) is 2. The predicted octanol–water partition coefficient (Wildman–Crippen LogP) is 3.35. The van der Waals surface area contributed by atoms with Gasteiger partial charge in [-0.1, -0.05) is 42.1 Å². The number of anilines is 1. The highest BCUT2D eigenvalue weighted by Crippen LogP contribution is 2.27. The molecule has 0 aliphatic rings. The molecule has 0 heterocycles. The van der Waals surface area contributed by atoms with Gasteiger partial charge < -0.3 is 11.1 Å². The van der Waals surface area contributed by atoms with Crippen LogP contribution in [0.15, 0.2) is 59.5 Å². The molecule has 24 heavy (non-hydrogen) atoms. The summed E-state index contributed by atoms with van der Waals surface area (Å²) in [5.74, 6) is -3.11. The summed E-state index contributed by atoms with van der Waals surface area (Å²) in [5, 5.41) is 5.00. The SMILES string of the molecule is NC(=O)NC(=O)[C@H](Nc1ccc(SC(F)F)cc1)c1ccccc1. The van der Waals surface area contributed by atoms with Crippen molar-refractivity contribution < 1.29 is 18.4 Å². The number of halogens is 2. The second-order valence-corrected chi connectivity index (χ2v) is 5.81. The quantitative estimate of drug-likeness (QED) is 0.697. The zero-order valence-electron chi connectivity index (χ0n) is 12.4. The fraction of sp³-hybridized carbons (Fsp3) is 0.125. The second-order valence-electron chi connectivity index (χ2n) is 4.74. The normalized spacial score (nSPS) is 11.8. The molecule has 4 N–H and O–H groups in total. The van der Waals surface area contributed by atoms with Crippen molar-refractivity contribution >= 4 is 29.4 Å². The minimum absolute atomic E-state index is 0.411. The number of urea groups is 1. The van der Waals surface area contributed by atoms with Crippen LogP contribution >= 0.6 is 11.8 Å². The third-order valence-electron chi connectivity index (χ3n) is 3.03. The van der Waals surface area contributed by atoms with Gasteiger partial charge in [0, 0.05) is 10.6 Å². The number of thioether (sulfide) groups is 1. The van der Waals surface area contributed by atoms with Gasteiger partial charge in [-0.05, 0) is 29.8 Å². The summed E-state index contributed by atoms with van der Waals surface area (Å²) in [6.07, 6.45) is 0. The molecule has 2 aromatic rings. The van der Waals surface area contributed by atoms with E-state index in [-0.39, 0.29) is 0 Å². The monoisotopic (exact) mass is 351 g/mol.